The van der Waals surface area contributed by atoms with Gasteiger partial charge in [0.05, 0.1) is 6.61 Å². The van der Waals surface area contributed by atoms with E-state index in [1.54, 1.807) is 48.5 Å². The lowest BCUT2D eigenvalue weighted by molar-refractivity contribution is 0.102. The van der Waals surface area contributed by atoms with E-state index in [4.69, 9.17) is 9.47 Å². The molecule has 1 N–H and O–H groups in total. The topological polar surface area (TPSA) is 73.3 Å². The van der Waals surface area contributed by atoms with Crippen molar-refractivity contribution in [3.8, 4) is 17.5 Å². The van der Waals surface area contributed by atoms with Gasteiger partial charge >= 0.3 is 6.01 Å². The molecule has 150 valence electrons. The van der Waals surface area contributed by atoms with Gasteiger partial charge in [-0.2, -0.15) is 0 Å². The van der Waals surface area contributed by atoms with Crippen molar-refractivity contribution in [3.63, 3.8) is 0 Å². The maximum absolute atomic E-state index is 12.5. The standard InChI is InChI=1S/C23H25N3O3/c1-15(2)14-28-20-10-8-18(9-11-20)22(27)26-19-6-5-7-21(13-19)29-23-24-16(3)12-17(4)25-23/h5-13,15H,14H2,1-4H3,(H,26,27). The molecule has 29 heavy (non-hydrogen) atoms. The van der Waals surface area contributed by atoms with Crippen LogP contribution in [-0.4, -0.2) is 22.5 Å². The number of amides is 1. The summed E-state index contributed by atoms with van der Waals surface area (Å²) in [6, 6.07) is 16.4. The summed E-state index contributed by atoms with van der Waals surface area (Å²) >= 11 is 0. The molecule has 0 unspecified atom stereocenters. The molecule has 0 saturated heterocycles. The number of nitrogens with one attached hydrogen (secondary N) is 1. The van der Waals surface area contributed by atoms with Gasteiger partial charge in [0, 0.05) is 28.7 Å². The lowest BCUT2D eigenvalue weighted by Crippen LogP contribution is -2.12. The third-order valence-electron chi connectivity index (χ3n) is 3.96. The molecule has 0 saturated carbocycles. The van der Waals surface area contributed by atoms with Crippen molar-refractivity contribution in [2.45, 2.75) is 27.7 Å². The number of aryl methyl sites for hydroxylation is 2. The number of benzene rings is 2. The Morgan fingerprint density at radius 2 is 1.66 bits per heavy atom. The molecule has 6 nitrogen and oxygen atoms in total. The summed E-state index contributed by atoms with van der Waals surface area (Å²) in [5, 5.41) is 2.88. The van der Waals surface area contributed by atoms with Gasteiger partial charge in [0.2, 0.25) is 0 Å². The van der Waals surface area contributed by atoms with Crippen molar-refractivity contribution < 1.29 is 14.3 Å². The van der Waals surface area contributed by atoms with Crippen molar-refractivity contribution >= 4 is 11.6 Å². The Hall–Kier alpha value is -3.41. The molecule has 3 aromatic rings. The lowest BCUT2D eigenvalue weighted by Gasteiger charge is -2.10. The van der Waals surface area contributed by atoms with Gasteiger partial charge in [-0.15, -0.1) is 0 Å². The number of rotatable bonds is 7. The maximum Gasteiger partial charge on any atom is 0.322 e. The van der Waals surface area contributed by atoms with E-state index in [9.17, 15) is 4.79 Å². The van der Waals surface area contributed by atoms with E-state index < -0.39 is 0 Å². The molecule has 1 aromatic heterocycles. The summed E-state index contributed by atoms with van der Waals surface area (Å²) in [4.78, 5) is 21.1. The Labute approximate surface area is 170 Å². The van der Waals surface area contributed by atoms with E-state index in [1.165, 1.54) is 0 Å². The van der Waals surface area contributed by atoms with Crippen LogP contribution in [0.2, 0.25) is 0 Å². The van der Waals surface area contributed by atoms with Gasteiger partial charge in [-0.3, -0.25) is 4.79 Å². The second-order valence-electron chi connectivity index (χ2n) is 7.25. The highest BCUT2D eigenvalue weighted by Gasteiger charge is 2.09. The fraction of sp³-hybridized carbons (Fsp3) is 0.261. The van der Waals surface area contributed by atoms with E-state index in [-0.39, 0.29) is 11.9 Å². The number of hydrogen-bond acceptors (Lipinski definition) is 5. The summed E-state index contributed by atoms with van der Waals surface area (Å²) in [7, 11) is 0. The number of carbonyl (C=O) groups is 1. The predicted octanol–water partition coefficient (Wildman–Crippen LogP) is 5.17. The molecule has 0 aliphatic rings. The largest absolute Gasteiger partial charge is 0.493 e. The first kappa shape index (κ1) is 20.3. The van der Waals surface area contributed by atoms with Crippen LogP contribution in [0.5, 0.6) is 17.5 Å². The molecular weight excluding hydrogens is 366 g/mol. The molecule has 0 aliphatic heterocycles. The second-order valence-corrected chi connectivity index (χ2v) is 7.25. The van der Waals surface area contributed by atoms with Crippen LogP contribution in [0, 0.1) is 19.8 Å². The van der Waals surface area contributed by atoms with Gasteiger partial charge < -0.3 is 14.8 Å². The summed E-state index contributed by atoms with van der Waals surface area (Å²) in [5.41, 5.74) is 2.83. The zero-order valence-corrected chi connectivity index (χ0v) is 17.1. The van der Waals surface area contributed by atoms with Crippen molar-refractivity contribution in [2.24, 2.45) is 5.92 Å². The molecule has 0 bridgehead atoms. The molecule has 6 heteroatoms. The molecule has 2 aromatic carbocycles. The first-order valence-electron chi connectivity index (χ1n) is 9.53. The van der Waals surface area contributed by atoms with Crippen LogP contribution in [0.3, 0.4) is 0 Å². The van der Waals surface area contributed by atoms with Crippen molar-refractivity contribution in [1.82, 2.24) is 9.97 Å². The average molecular weight is 391 g/mol. The van der Waals surface area contributed by atoms with Gasteiger partial charge in [0.1, 0.15) is 11.5 Å². The molecule has 1 amide bonds. The second kappa shape index (κ2) is 9.19. The normalized spacial score (nSPS) is 10.7. The van der Waals surface area contributed by atoms with E-state index in [2.05, 4.69) is 29.1 Å². The zero-order valence-electron chi connectivity index (χ0n) is 17.1. The first-order valence-corrected chi connectivity index (χ1v) is 9.53. The minimum Gasteiger partial charge on any atom is -0.493 e. The van der Waals surface area contributed by atoms with Gasteiger partial charge in [0.25, 0.3) is 5.91 Å². The predicted molar refractivity (Wildman–Crippen MR) is 113 cm³/mol. The van der Waals surface area contributed by atoms with Crippen molar-refractivity contribution in [1.29, 1.82) is 0 Å². The summed E-state index contributed by atoms with van der Waals surface area (Å²) in [6.07, 6.45) is 0. The number of carbonyl (C=O) groups excluding carboxylic acids is 1. The van der Waals surface area contributed by atoms with Crippen molar-refractivity contribution in [2.75, 3.05) is 11.9 Å². The van der Waals surface area contributed by atoms with E-state index in [0.717, 1.165) is 17.1 Å². The van der Waals surface area contributed by atoms with Gasteiger partial charge in [-0.05, 0) is 62.2 Å². The first-order chi connectivity index (χ1) is 13.9. The number of nitrogens with zero attached hydrogens (tertiary/aromatic N) is 2. The molecule has 0 spiro atoms. The van der Waals surface area contributed by atoms with Gasteiger partial charge in [-0.1, -0.05) is 19.9 Å². The minimum absolute atomic E-state index is 0.208. The van der Waals surface area contributed by atoms with Crippen LogP contribution in [0.4, 0.5) is 5.69 Å². The summed E-state index contributed by atoms with van der Waals surface area (Å²) < 4.78 is 11.4. The number of hydrogen-bond donors (Lipinski definition) is 1. The van der Waals surface area contributed by atoms with Crippen LogP contribution in [0.1, 0.15) is 35.6 Å². The van der Waals surface area contributed by atoms with E-state index in [0.29, 0.717) is 29.5 Å². The Morgan fingerprint density at radius 1 is 0.966 bits per heavy atom. The Balaban J connectivity index is 1.65. The molecule has 1 heterocycles. The summed E-state index contributed by atoms with van der Waals surface area (Å²) in [5.74, 6) is 1.53. The number of ether oxygens (including phenoxy) is 2. The smallest absolute Gasteiger partial charge is 0.322 e. The van der Waals surface area contributed by atoms with E-state index >= 15 is 0 Å². The van der Waals surface area contributed by atoms with Gasteiger partial charge in [0.15, 0.2) is 0 Å². The van der Waals surface area contributed by atoms with Crippen molar-refractivity contribution in [3.05, 3.63) is 71.5 Å². The SMILES string of the molecule is Cc1cc(C)nc(Oc2cccc(NC(=O)c3ccc(OCC(C)C)cc3)c2)n1. The third-order valence-corrected chi connectivity index (χ3v) is 3.96. The average Bonchev–Trinajstić information content (AvgIpc) is 2.66. The minimum atomic E-state index is -0.208. The zero-order chi connectivity index (χ0) is 20.8. The maximum atomic E-state index is 12.5. The molecule has 0 radical (unpaired) electrons. The highest BCUT2D eigenvalue weighted by molar-refractivity contribution is 6.04. The Kier molecular flexibility index (Phi) is 6.44. The fourth-order valence-electron chi connectivity index (χ4n) is 2.65. The molecule has 0 atom stereocenters. The number of anilines is 1. The quantitative estimate of drug-likeness (QED) is 0.601. The Bertz CT molecular complexity index is 965. The molecule has 0 aliphatic carbocycles. The fourth-order valence-corrected chi connectivity index (χ4v) is 2.65. The van der Waals surface area contributed by atoms with Crippen LogP contribution >= 0.6 is 0 Å². The monoisotopic (exact) mass is 391 g/mol. The van der Waals surface area contributed by atoms with Gasteiger partial charge in [-0.25, -0.2) is 9.97 Å². The third kappa shape index (κ3) is 6.04. The summed E-state index contributed by atoms with van der Waals surface area (Å²) in [6.45, 7) is 8.59. The molecule has 0 fully saturated rings. The van der Waals surface area contributed by atoms with E-state index in [1.807, 2.05) is 19.9 Å². The highest BCUT2D eigenvalue weighted by Crippen LogP contribution is 2.23. The highest BCUT2D eigenvalue weighted by atomic mass is 16.5. The lowest BCUT2D eigenvalue weighted by atomic mass is 10.2. The van der Waals surface area contributed by atoms with Crippen LogP contribution in [0.15, 0.2) is 54.6 Å². The molecular formula is C23H25N3O3. The van der Waals surface area contributed by atoms with Crippen LogP contribution < -0.4 is 14.8 Å². The number of aromatic nitrogens is 2. The van der Waals surface area contributed by atoms with Crippen LogP contribution in [0.25, 0.3) is 0 Å². The van der Waals surface area contributed by atoms with Crippen LogP contribution in [-0.2, 0) is 0 Å². The Morgan fingerprint density at radius 3 is 2.31 bits per heavy atom. The molecule has 3 rings (SSSR count).